The fourth-order valence-electron chi connectivity index (χ4n) is 4.14. The maximum Gasteiger partial charge on any atom is 0.0746 e. The molecule has 18 heavy (non-hydrogen) atoms. The number of hydrogen-bond acceptors (Lipinski definition) is 2. The van der Waals surface area contributed by atoms with E-state index in [0.717, 1.165) is 18.3 Å². The molecule has 1 saturated heterocycles. The molecule has 0 aromatic carbocycles. The molecule has 106 valence electrons. The molecule has 0 amide bonds. The Morgan fingerprint density at radius 2 is 1.83 bits per heavy atom. The van der Waals surface area contributed by atoms with Crippen LogP contribution in [0.2, 0.25) is 0 Å². The second kappa shape index (κ2) is 5.13. The predicted molar refractivity (Wildman–Crippen MR) is 76.5 cm³/mol. The Morgan fingerprint density at radius 3 is 2.50 bits per heavy atom. The first kappa shape index (κ1) is 14.3. The van der Waals surface area contributed by atoms with Gasteiger partial charge in [0.25, 0.3) is 0 Å². The van der Waals surface area contributed by atoms with Crippen molar-refractivity contribution in [2.75, 3.05) is 6.54 Å². The molecule has 0 bridgehead atoms. The number of likely N-dealkylation sites (tertiary alicyclic amines) is 1. The zero-order valence-corrected chi connectivity index (χ0v) is 12.8. The molecular formula is C16H31NO. The van der Waals surface area contributed by atoms with E-state index in [-0.39, 0.29) is 11.5 Å². The molecule has 1 N–H and O–H groups in total. The largest absolute Gasteiger partial charge is 0.391 e. The zero-order chi connectivity index (χ0) is 13.5. The first-order chi connectivity index (χ1) is 8.33. The van der Waals surface area contributed by atoms with Crippen LogP contribution in [0.3, 0.4) is 0 Å². The number of aliphatic hydroxyl groups is 1. The summed E-state index contributed by atoms with van der Waals surface area (Å²) in [5, 5.41) is 10.7. The highest BCUT2D eigenvalue weighted by Gasteiger charge is 2.43. The third kappa shape index (κ3) is 2.60. The number of hydrogen-bond donors (Lipinski definition) is 1. The summed E-state index contributed by atoms with van der Waals surface area (Å²) < 4.78 is 0. The summed E-state index contributed by atoms with van der Waals surface area (Å²) in [7, 11) is 0. The Labute approximate surface area is 113 Å². The van der Waals surface area contributed by atoms with Crippen molar-refractivity contribution in [1.82, 2.24) is 4.90 Å². The molecule has 0 aromatic heterocycles. The lowest BCUT2D eigenvalue weighted by molar-refractivity contribution is -0.0881. The Kier molecular flexibility index (Phi) is 4.08. The van der Waals surface area contributed by atoms with Crippen molar-refractivity contribution in [2.45, 2.75) is 78.5 Å². The third-order valence-electron chi connectivity index (χ3n) is 5.56. The van der Waals surface area contributed by atoms with Crippen LogP contribution in [0, 0.1) is 17.3 Å². The highest BCUT2D eigenvalue weighted by molar-refractivity contribution is 4.97. The normalized spacial score (nSPS) is 46.0. The highest BCUT2D eigenvalue weighted by Crippen LogP contribution is 2.40. The lowest BCUT2D eigenvalue weighted by atomic mass is 9.71. The highest BCUT2D eigenvalue weighted by atomic mass is 16.3. The first-order valence-electron chi connectivity index (χ1n) is 7.76. The minimum atomic E-state index is -0.161. The summed E-state index contributed by atoms with van der Waals surface area (Å²) in [4.78, 5) is 2.62. The van der Waals surface area contributed by atoms with Gasteiger partial charge in [-0.15, -0.1) is 0 Å². The fraction of sp³-hybridized carbons (Fsp3) is 1.00. The van der Waals surface area contributed by atoms with Gasteiger partial charge in [0.2, 0.25) is 0 Å². The van der Waals surface area contributed by atoms with E-state index in [1.807, 2.05) is 0 Å². The Balaban J connectivity index is 2.14. The summed E-state index contributed by atoms with van der Waals surface area (Å²) >= 11 is 0. The van der Waals surface area contributed by atoms with E-state index in [4.69, 9.17) is 0 Å². The minimum Gasteiger partial charge on any atom is -0.391 e. The Morgan fingerprint density at radius 1 is 1.17 bits per heavy atom. The molecule has 1 aliphatic carbocycles. The number of aliphatic hydroxyl groups excluding tert-OH is 1. The molecule has 2 nitrogen and oxygen atoms in total. The van der Waals surface area contributed by atoms with Crippen LogP contribution in [0.15, 0.2) is 0 Å². The van der Waals surface area contributed by atoms with E-state index in [2.05, 4.69) is 39.5 Å². The van der Waals surface area contributed by atoms with Crippen LogP contribution in [0.25, 0.3) is 0 Å². The van der Waals surface area contributed by atoms with Gasteiger partial charge in [-0.2, -0.15) is 0 Å². The van der Waals surface area contributed by atoms with Crippen LogP contribution in [0.4, 0.5) is 0 Å². The van der Waals surface area contributed by atoms with Crippen molar-refractivity contribution in [1.29, 1.82) is 0 Å². The third-order valence-corrected chi connectivity index (χ3v) is 5.56. The molecular weight excluding hydrogens is 222 g/mol. The lowest BCUT2D eigenvalue weighted by Gasteiger charge is -2.51. The van der Waals surface area contributed by atoms with Crippen molar-refractivity contribution in [3.63, 3.8) is 0 Å². The van der Waals surface area contributed by atoms with Crippen LogP contribution in [-0.4, -0.2) is 34.7 Å². The molecule has 0 radical (unpaired) electrons. The van der Waals surface area contributed by atoms with Crippen LogP contribution in [0.1, 0.15) is 60.3 Å². The van der Waals surface area contributed by atoms with Crippen molar-refractivity contribution >= 4 is 0 Å². The average Bonchev–Trinajstić information content (AvgIpc) is 2.27. The molecule has 1 heterocycles. The molecule has 0 aromatic rings. The average molecular weight is 253 g/mol. The van der Waals surface area contributed by atoms with Gasteiger partial charge >= 0.3 is 0 Å². The van der Waals surface area contributed by atoms with Gasteiger partial charge in [0, 0.05) is 18.6 Å². The maximum absolute atomic E-state index is 10.7. The van der Waals surface area contributed by atoms with E-state index >= 15 is 0 Å². The summed E-state index contributed by atoms with van der Waals surface area (Å²) in [6.07, 6.45) is 4.78. The van der Waals surface area contributed by atoms with Gasteiger partial charge in [-0.25, -0.2) is 0 Å². The molecule has 2 fully saturated rings. The van der Waals surface area contributed by atoms with Gasteiger partial charge in [-0.05, 0) is 43.4 Å². The number of rotatable bonds is 1. The van der Waals surface area contributed by atoms with Gasteiger partial charge in [0.05, 0.1) is 6.10 Å². The summed E-state index contributed by atoms with van der Waals surface area (Å²) in [5.41, 5.74) is 0.0898. The summed E-state index contributed by atoms with van der Waals surface area (Å²) in [6, 6.07) is 1.00. The Hall–Kier alpha value is -0.0800. The zero-order valence-electron chi connectivity index (χ0n) is 12.8. The second-order valence-corrected chi connectivity index (χ2v) is 7.65. The second-order valence-electron chi connectivity index (χ2n) is 7.65. The fourth-order valence-corrected chi connectivity index (χ4v) is 4.14. The summed E-state index contributed by atoms with van der Waals surface area (Å²) in [6.45, 7) is 12.7. The maximum atomic E-state index is 10.7. The molecule has 1 aliphatic heterocycles. The summed E-state index contributed by atoms with van der Waals surface area (Å²) in [5.74, 6) is 1.53. The van der Waals surface area contributed by atoms with Crippen LogP contribution in [-0.2, 0) is 0 Å². The van der Waals surface area contributed by atoms with E-state index < -0.39 is 0 Å². The smallest absolute Gasteiger partial charge is 0.0746 e. The van der Waals surface area contributed by atoms with Gasteiger partial charge < -0.3 is 5.11 Å². The number of nitrogens with zero attached hydrogens (tertiary/aromatic N) is 1. The van der Waals surface area contributed by atoms with E-state index in [1.54, 1.807) is 0 Å². The Bertz CT molecular complexity index is 289. The van der Waals surface area contributed by atoms with Crippen LogP contribution in [0.5, 0.6) is 0 Å². The monoisotopic (exact) mass is 253 g/mol. The van der Waals surface area contributed by atoms with Crippen LogP contribution >= 0.6 is 0 Å². The van der Waals surface area contributed by atoms with Crippen LogP contribution < -0.4 is 0 Å². The SMILES string of the molecule is CC1CC(C)C(C)N(C2CCCC(C)(C)C2O)C1. The van der Waals surface area contributed by atoms with Gasteiger partial charge in [0.1, 0.15) is 0 Å². The first-order valence-corrected chi connectivity index (χ1v) is 7.76. The number of piperidine rings is 1. The quantitative estimate of drug-likeness (QED) is 0.775. The molecule has 5 unspecified atom stereocenters. The van der Waals surface area contributed by atoms with Crippen molar-refractivity contribution in [3.8, 4) is 0 Å². The molecule has 0 spiro atoms. The molecule has 2 aliphatic rings. The van der Waals surface area contributed by atoms with E-state index in [1.165, 1.54) is 25.8 Å². The predicted octanol–water partition coefficient (Wildman–Crippen LogP) is 3.29. The molecule has 2 rings (SSSR count). The van der Waals surface area contributed by atoms with Crippen molar-refractivity contribution in [2.24, 2.45) is 17.3 Å². The van der Waals surface area contributed by atoms with Gasteiger partial charge in [-0.3, -0.25) is 4.90 Å². The van der Waals surface area contributed by atoms with Crippen molar-refractivity contribution in [3.05, 3.63) is 0 Å². The van der Waals surface area contributed by atoms with Gasteiger partial charge in [-0.1, -0.05) is 34.1 Å². The van der Waals surface area contributed by atoms with Gasteiger partial charge in [0.15, 0.2) is 0 Å². The van der Waals surface area contributed by atoms with E-state index in [9.17, 15) is 5.11 Å². The minimum absolute atomic E-state index is 0.0898. The molecule has 2 heteroatoms. The molecule has 5 atom stereocenters. The topological polar surface area (TPSA) is 23.5 Å². The molecule has 1 saturated carbocycles. The standard InChI is InChI=1S/C16H31NO/c1-11-9-12(2)13(3)17(10-11)14-7-6-8-16(4,5)15(14)18/h11-15,18H,6-10H2,1-5H3. The van der Waals surface area contributed by atoms with E-state index in [0.29, 0.717) is 12.1 Å². The van der Waals surface area contributed by atoms with Crippen molar-refractivity contribution < 1.29 is 5.11 Å². The lowest BCUT2D eigenvalue weighted by Crippen LogP contribution is -2.59.